The van der Waals surface area contributed by atoms with E-state index >= 15 is 0 Å². The van der Waals surface area contributed by atoms with Crippen molar-refractivity contribution in [3.63, 3.8) is 0 Å². The Kier molecular flexibility index (Phi) is 6.42. The SMILES string of the molecule is CCC(Nc1cccc(CN(C)C(=O)OC(C)(C)C)c1)C(=O)O. The minimum Gasteiger partial charge on any atom is -0.480 e. The van der Waals surface area contributed by atoms with E-state index in [1.54, 1.807) is 7.05 Å². The van der Waals surface area contributed by atoms with Crippen LogP contribution in [0.2, 0.25) is 0 Å². The van der Waals surface area contributed by atoms with Gasteiger partial charge < -0.3 is 20.1 Å². The normalized spacial score (nSPS) is 12.4. The van der Waals surface area contributed by atoms with Gasteiger partial charge in [0.2, 0.25) is 0 Å². The number of carbonyl (C=O) groups excluding carboxylic acids is 1. The molecule has 1 amide bonds. The highest BCUT2D eigenvalue weighted by Gasteiger charge is 2.20. The smallest absolute Gasteiger partial charge is 0.410 e. The number of hydrogen-bond acceptors (Lipinski definition) is 4. The molecule has 0 bridgehead atoms. The summed E-state index contributed by atoms with van der Waals surface area (Å²) in [7, 11) is 1.67. The largest absolute Gasteiger partial charge is 0.480 e. The molecule has 0 spiro atoms. The van der Waals surface area contributed by atoms with Crippen molar-refractivity contribution in [2.75, 3.05) is 12.4 Å². The summed E-state index contributed by atoms with van der Waals surface area (Å²) in [5.41, 5.74) is 1.07. The van der Waals surface area contributed by atoms with Crippen LogP contribution in [0.25, 0.3) is 0 Å². The molecule has 23 heavy (non-hydrogen) atoms. The molecule has 1 aromatic carbocycles. The van der Waals surface area contributed by atoms with E-state index in [0.29, 0.717) is 18.7 Å². The lowest BCUT2D eigenvalue weighted by atomic mass is 10.1. The van der Waals surface area contributed by atoms with Gasteiger partial charge in [-0.2, -0.15) is 0 Å². The highest BCUT2D eigenvalue weighted by Crippen LogP contribution is 2.16. The van der Waals surface area contributed by atoms with Gasteiger partial charge in [-0.25, -0.2) is 9.59 Å². The van der Waals surface area contributed by atoms with Crippen molar-refractivity contribution in [2.24, 2.45) is 0 Å². The predicted octanol–water partition coefficient (Wildman–Crippen LogP) is 3.33. The third kappa shape index (κ3) is 6.59. The van der Waals surface area contributed by atoms with Gasteiger partial charge in [0.1, 0.15) is 11.6 Å². The average Bonchev–Trinajstić information content (AvgIpc) is 2.43. The number of hydrogen-bond donors (Lipinski definition) is 2. The van der Waals surface area contributed by atoms with Crippen LogP contribution in [0.3, 0.4) is 0 Å². The van der Waals surface area contributed by atoms with Crippen LogP contribution < -0.4 is 5.32 Å². The minimum atomic E-state index is -0.885. The molecule has 0 fully saturated rings. The number of ether oxygens (including phenoxy) is 1. The molecular weight excluding hydrogens is 296 g/mol. The van der Waals surface area contributed by atoms with Crippen LogP contribution >= 0.6 is 0 Å². The first-order chi connectivity index (χ1) is 10.6. The monoisotopic (exact) mass is 322 g/mol. The molecule has 1 atom stereocenters. The molecule has 1 rings (SSSR count). The molecule has 6 heteroatoms. The molecule has 0 aromatic heterocycles. The highest BCUT2D eigenvalue weighted by molar-refractivity contribution is 5.77. The van der Waals surface area contributed by atoms with Gasteiger partial charge in [0, 0.05) is 19.3 Å². The van der Waals surface area contributed by atoms with Crippen LogP contribution in [0.1, 0.15) is 39.7 Å². The molecule has 0 aliphatic heterocycles. The number of carbonyl (C=O) groups is 2. The van der Waals surface area contributed by atoms with E-state index in [4.69, 9.17) is 9.84 Å². The van der Waals surface area contributed by atoms with Crippen molar-refractivity contribution in [3.05, 3.63) is 29.8 Å². The van der Waals surface area contributed by atoms with E-state index < -0.39 is 23.7 Å². The second-order valence-electron chi connectivity index (χ2n) is 6.48. The number of aliphatic carboxylic acids is 1. The van der Waals surface area contributed by atoms with Crippen molar-refractivity contribution in [2.45, 2.75) is 52.3 Å². The van der Waals surface area contributed by atoms with Crippen LogP contribution in [0.4, 0.5) is 10.5 Å². The fraction of sp³-hybridized carbons (Fsp3) is 0.529. The molecule has 6 nitrogen and oxygen atoms in total. The van der Waals surface area contributed by atoms with Gasteiger partial charge in [0.15, 0.2) is 0 Å². The number of nitrogens with zero attached hydrogens (tertiary/aromatic N) is 1. The van der Waals surface area contributed by atoms with Crippen molar-refractivity contribution in [1.82, 2.24) is 4.90 Å². The quantitative estimate of drug-likeness (QED) is 0.840. The Morgan fingerprint density at radius 1 is 1.35 bits per heavy atom. The minimum absolute atomic E-state index is 0.383. The first-order valence-electron chi connectivity index (χ1n) is 7.64. The van der Waals surface area contributed by atoms with Crippen LogP contribution in [0, 0.1) is 0 Å². The maximum atomic E-state index is 12.0. The lowest BCUT2D eigenvalue weighted by molar-refractivity contribution is -0.137. The summed E-state index contributed by atoms with van der Waals surface area (Å²) >= 11 is 0. The Balaban J connectivity index is 2.73. The van der Waals surface area contributed by atoms with E-state index in [1.807, 2.05) is 52.0 Å². The maximum Gasteiger partial charge on any atom is 0.410 e. The van der Waals surface area contributed by atoms with Crippen LogP contribution in [0.5, 0.6) is 0 Å². The summed E-state index contributed by atoms with van der Waals surface area (Å²) in [5, 5.41) is 12.1. The van der Waals surface area contributed by atoms with Gasteiger partial charge in [-0.05, 0) is 44.9 Å². The van der Waals surface area contributed by atoms with Gasteiger partial charge in [-0.3, -0.25) is 0 Å². The molecule has 0 aliphatic rings. The molecule has 0 saturated heterocycles. The second kappa shape index (κ2) is 7.85. The summed E-state index contributed by atoms with van der Waals surface area (Å²) in [6.45, 7) is 7.65. The maximum absolute atomic E-state index is 12.0. The number of benzene rings is 1. The van der Waals surface area contributed by atoms with E-state index in [-0.39, 0.29) is 0 Å². The summed E-state index contributed by atoms with van der Waals surface area (Å²) in [4.78, 5) is 24.5. The summed E-state index contributed by atoms with van der Waals surface area (Å²) in [5.74, 6) is -0.885. The van der Waals surface area contributed by atoms with Crippen molar-refractivity contribution >= 4 is 17.7 Å². The van der Waals surface area contributed by atoms with Crippen molar-refractivity contribution in [3.8, 4) is 0 Å². The molecule has 128 valence electrons. The third-order valence-electron chi connectivity index (χ3n) is 3.10. The van der Waals surface area contributed by atoms with Crippen LogP contribution in [-0.4, -0.2) is 40.8 Å². The van der Waals surface area contributed by atoms with Gasteiger partial charge in [-0.15, -0.1) is 0 Å². The van der Waals surface area contributed by atoms with E-state index in [1.165, 1.54) is 4.90 Å². The zero-order valence-electron chi connectivity index (χ0n) is 14.4. The second-order valence-corrected chi connectivity index (χ2v) is 6.48. The van der Waals surface area contributed by atoms with Crippen LogP contribution in [0.15, 0.2) is 24.3 Å². The molecule has 1 aromatic rings. The number of carboxylic acid groups (broad SMARTS) is 1. The number of rotatable bonds is 6. The fourth-order valence-corrected chi connectivity index (χ4v) is 1.98. The molecule has 0 aliphatic carbocycles. The van der Waals surface area contributed by atoms with Gasteiger partial charge in [0.25, 0.3) is 0 Å². The molecule has 0 heterocycles. The summed E-state index contributed by atoms with van der Waals surface area (Å²) in [6.07, 6.45) is 0.0880. The Bertz CT molecular complexity index is 552. The Morgan fingerprint density at radius 2 is 2.00 bits per heavy atom. The molecular formula is C17H26N2O4. The number of anilines is 1. The van der Waals surface area contributed by atoms with Gasteiger partial charge in [-0.1, -0.05) is 19.1 Å². The zero-order valence-corrected chi connectivity index (χ0v) is 14.4. The topological polar surface area (TPSA) is 78.9 Å². The molecule has 0 radical (unpaired) electrons. The Hall–Kier alpha value is -2.24. The number of amides is 1. The average molecular weight is 322 g/mol. The molecule has 1 unspecified atom stereocenters. The summed E-state index contributed by atoms with van der Waals surface area (Å²) in [6, 6.07) is 6.73. The zero-order chi connectivity index (χ0) is 17.6. The predicted molar refractivity (Wildman–Crippen MR) is 89.5 cm³/mol. The first-order valence-corrected chi connectivity index (χ1v) is 7.64. The molecule has 2 N–H and O–H groups in total. The standard InChI is InChI=1S/C17H26N2O4/c1-6-14(15(20)21)18-13-9-7-8-12(10-13)11-19(5)16(22)23-17(2,3)4/h7-10,14,18H,6,11H2,1-5H3,(H,20,21). The lowest BCUT2D eigenvalue weighted by Gasteiger charge is -2.25. The van der Waals surface area contributed by atoms with E-state index in [2.05, 4.69) is 5.32 Å². The Labute approximate surface area is 137 Å². The van der Waals surface area contributed by atoms with E-state index in [0.717, 1.165) is 5.56 Å². The van der Waals surface area contributed by atoms with E-state index in [9.17, 15) is 9.59 Å². The third-order valence-corrected chi connectivity index (χ3v) is 3.10. The van der Waals surface area contributed by atoms with Gasteiger partial charge in [0.05, 0.1) is 0 Å². The summed E-state index contributed by atoms with van der Waals surface area (Å²) < 4.78 is 5.31. The fourth-order valence-electron chi connectivity index (χ4n) is 1.98. The highest BCUT2D eigenvalue weighted by atomic mass is 16.6. The van der Waals surface area contributed by atoms with Crippen molar-refractivity contribution in [1.29, 1.82) is 0 Å². The van der Waals surface area contributed by atoms with Crippen LogP contribution in [-0.2, 0) is 16.1 Å². The van der Waals surface area contributed by atoms with Gasteiger partial charge >= 0.3 is 12.1 Å². The van der Waals surface area contributed by atoms with Crippen molar-refractivity contribution < 1.29 is 19.4 Å². The Morgan fingerprint density at radius 3 is 2.52 bits per heavy atom. The number of nitrogens with one attached hydrogen (secondary N) is 1. The molecule has 0 saturated carbocycles. The lowest BCUT2D eigenvalue weighted by Crippen LogP contribution is -2.33. The number of carboxylic acids is 1. The first kappa shape index (κ1) is 18.8.